The number of anilines is 2. The highest BCUT2D eigenvalue weighted by Gasteiger charge is 2.13. The normalized spacial score (nSPS) is 10.3. The Morgan fingerprint density at radius 3 is 2.63 bits per heavy atom. The number of nitrogens with one attached hydrogen (secondary N) is 1. The number of hydrogen-bond acceptors (Lipinski definition) is 3. The molecular formula is C12H8Br3N3O. The van der Waals surface area contributed by atoms with Crippen molar-refractivity contribution >= 4 is 65.2 Å². The zero-order valence-electron chi connectivity index (χ0n) is 9.45. The maximum absolute atomic E-state index is 12.2. The van der Waals surface area contributed by atoms with Crippen LogP contribution in [0.4, 0.5) is 11.5 Å². The van der Waals surface area contributed by atoms with E-state index in [9.17, 15) is 4.79 Å². The van der Waals surface area contributed by atoms with Crippen LogP contribution in [-0.4, -0.2) is 10.9 Å². The van der Waals surface area contributed by atoms with Crippen LogP contribution in [0.2, 0.25) is 0 Å². The number of benzene rings is 1. The molecule has 1 amide bonds. The van der Waals surface area contributed by atoms with Gasteiger partial charge in [-0.05, 0) is 56.1 Å². The lowest BCUT2D eigenvalue weighted by Gasteiger charge is -2.09. The lowest BCUT2D eigenvalue weighted by atomic mass is 10.2. The number of carbonyl (C=O) groups excluding carboxylic acids is 1. The zero-order chi connectivity index (χ0) is 14.0. The predicted octanol–water partition coefficient (Wildman–Crippen LogP) is 4.20. The molecule has 0 unspecified atom stereocenters. The largest absolute Gasteiger partial charge is 0.383 e. The van der Waals surface area contributed by atoms with Gasteiger partial charge >= 0.3 is 0 Å². The summed E-state index contributed by atoms with van der Waals surface area (Å²) < 4.78 is 2.34. The molecule has 19 heavy (non-hydrogen) atoms. The molecule has 1 aromatic heterocycles. The van der Waals surface area contributed by atoms with E-state index >= 15 is 0 Å². The molecular weight excluding hydrogens is 442 g/mol. The summed E-state index contributed by atoms with van der Waals surface area (Å²) in [6.07, 6.45) is 1.54. The van der Waals surface area contributed by atoms with Gasteiger partial charge in [0.2, 0.25) is 0 Å². The molecule has 2 rings (SSSR count). The number of pyridine rings is 1. The van der Waals surface area contributed by atoms with Crippen LogP contribution in [0.3, 0.4) is 0 Å². The van der Waals surface area contributed by atoms with Gasteiger partial charge in [0.25, 0.3) is 5.91 Å². The summed E-state index contributed by atoms with van der Waals surface area (Å²) in [6.45, 7) is 0. The highest BCUT2D eigenvalue weighted by molar-refractivity contribution is 9.11. The average Bonchev–Trinajstić information content (AvgIpc) is 2.36. The van der Waals surface area contributed by atoms with Gasteiger partial charge in [-0.1, -0.05) is 15.9 Å². The minimum absolute atomic E-state index is 0.187. The maximum atomic E-state index is 12.2. The van der Waals surface area contributed by atoms with E-state index in [4.69, 9.17) is 5.73 Å². The number of rotatable bonds is 2. The van der Waals surface area contributed by atoms with Crippen molar-refractivity contribution in [3.8, 4) is 0 Å². The third-order valence-electron chi connectivity index (χ3n) is 2.31. The maximum Gasteiger partial charge on any atom is 0.259 e. The topological polar surface area (TPSA) is 68.0 Å². The molecule has 0 aliphatic heterocycles. The lowest BCUT2D eigenvalue weighted by molar-refractivity contribution is 0.102. The Kier molecular flexibility index (Phi) is 4.59. The lowest BCUT2D eigenvalue weighted by Crippen LogP contribution is -2.15. The van der Waals surface area contributed by atoms with Gasteiger partial charge < -0.3 is 11.1 Å². The van der Waals surface area contributed by atoms with Gasteiger partial charge in [0, 0.05) is 19.6 Å². The van der Waals surface area contributed by atoms with Crippen LogP contribution in [0.5, 0.6) is 0 Å². The molecule has 0 radical (unpaired) electrons. The Labute approximate surface area is 135 Å². The highest BCUT2D eigenvalue weighted by atomic mass is 79.9. The average molecular weight is 450 g/mol. The van der Waals surface area contributed by atoms with Crippen LogP contribution in [0, 0.1) is 0 Å². The Morgan fingerprint density at radius 1 is 1.16 bits per heavy atom. The second kappa shape index (κ2) is 6.02. The van der Waals surface area contributed by atoms with E-state index in [1.165, 1.54) is 0 Å². The Morgan fingerprint density at radius 2 is 1.89 bits per heavy atom. The molecule has 0 fully saturated rings. The van der Waals surface area contributed by atoms with Crippen molar-refractivity contribution in [2.75, 3.05) is 11.1 Å². The number of aromatic nitrogens is 1. The van der Waals surface area contributed by atoms with Crippen molar-refractivity contribution < 1.29 is 4.79 Å². The fourth-order valence-corrected chi connectivity index (χ4v) is 2.45. The first-order valence-corrected chi connectivity index (χ1v) is 7.52. The predicted molar refractivity (Wildman–Crippen MR) is 86.1 cm³/mol. The second-order valence-corrected chi connectivity index (χ2v) is 6.35. The van der Waals surface area contributed by atoms with Gasteiger partial charge in [0.1, 0.15) is 5.82 Å². The molecule has 3 N–H and O–H groups in total. The van der Waals surface area contributed by atoms with Gasteiger partial charge in [-0.3, -0.25) is 4.79 Å². The van der Waals surface area contributed by atoms with Crippen LogP contribution >= 0.6 is 47.8 Å². The molecule has 1 heterocycles. The SMILES string of the molecule is Nc1ncc(Br)cc1C(=O)Nc1cc(Br)ccc1Br. The number of halogens is 3. The third kappa shape index (κ3) is 3.55. The van der Waals surface area contributed by atoms with Crippen molar-refractivity contribution in [3.05, 3.63) is 49.4 Å². The van der Waals surface area contributed by atoms with Crippen molar-refractivity contribution in [2.45, 2.75) is 0 Å². The molecule has 0 saturated heterocycles. The van der Waals surface area contributed by atoms with Gasteiger partial charge in [0.05, 0.1) is 11.3 Å². The summed E-state index contributed by atoms with van der Waals surface area (Å²) >= 11 is 9.99. The molecule has 0 bridgehead atoms. The molecule has 0 aliphatic carbocycles. The summed E-state index contributed by atoms with van der Waals surface area (Å²) in [6, 6.07) is 7.13. The molecule has 0 spiro atoms. The van der Waals surface area contributed by atoms with E-state index in [1.807, 2.05) is 12.1 Å². The molecule has 2 aromatic rings. The van der Waals surface area contributed by atoms with E-state index in [0.29, 0.717) is 15.7 Å². The van der Waals surface area contributed by atoms with E-state index in [-0.39, 0.29) is 11.7 Å². The van der Waals surface area contributed by atoms with Gasteiger partial charge in [-0.25, -0.2) is 4.98 Å². The number of hydrogen-bond donors (Lipinski definition) is 2. The molecule has 0 atom stereocenters. The summed E-state index contributed by atoms with van der Waals surface area (Å²) in [7, 11) is 0. The summed E-state index contributed by atoms with van der Waals surface area (Å²) in [5, 5.41) is 2.78. The first-order valence-electron chi connectivity index (χ1n) is 5.15. The van der Waals surface area contributed by atoms with Crippen LogP contribution < -0.4 is 11.1 Å². The van der Waals surface area contributed by atoms with Gasteiger partial charge in [0.15, 0.2) is 0 Å². The second-order valence-electron chi connectivity index (χ2n) is 3.66. The molecule has 1 aromatic carbocycles. The van der Waals surface area contributed by atoms with Crippen LogP contribution in [0.25, 0.3) is 0 Å². The van der Waals surface area contributed by atoms with Crippen molar-refractivity contribution in [1.29, 1.82) is 0 Å². The number of carbonyl (C=O) groups is 1. The van der Waals surface area contributed by atoms with E-state index in [1.54, 1.807) is 18.3 Å². The smallest absolute Gasteiger partial charge is 0.259 e. The summed E-state index contributed by atoms with van der Waals surface area (Å²) in [5.41, 5.74) is 6.67. The molecule has 98 valence electrons. The van der Waals surface area contributed by atoms with Gasteiger partial charge in [-0.15, -0.1) is 0 Å². The van der Waals surface area contributed by atoms with E-state index in [2.05, 4.69) is 58.1 Å². The monoisotopic (exact) mass is 447 g/mol. The highest BCUT2D eigenvalue weighted by Crippen LogP contribution is 2.27. The van der Waals surface area contributed by atoms with Crippen molar-refractivity contribution in [3.63, 3.8) is 0 Å². The van der Waals surface area contributed by atoms with Crippen LogP contribution in [0.15, 0.2) is 43.9 Å². The number of nitrogen functional groups attached to an aromatic ring is 1. The molecule has 4 nitrogen and oxygen atoms in total. The zero-order valence-corrected chi connectivity index (χ0v) is 14.2. The quantitative estimate of drug-likeness (QED) is 0.721. The molecule has 0 saturated carbocycles. The van der Waals surface area contributed by atoms with Crippen LogP contribution in [-0.2, 0) is 0 Å². The van der Waals surface area contributed by atoms with Crippen molar-refractivity contribution in [1.82, 2.24) is 4.98 Å². The van der Waals surface area contributed by atoms with E-state index in [0.717, 1.165) is 8.95 Å². The molecule has 7 heteroatoms. The first-order chi connectivity index (χ1) is 8.97. The standard InChI is InChI=1S/C12H8Br3N3O/c13-6-1-2-9(15)10(4-6)18-12(19)8-3-7(14)5-17-11(8)16/h1-5H,(H2,16,17)(H,18,19). The fraction of sp³-hybridized carbons (Fsp3) is 0. The summed E-state index contributed by atoms with van der Waals surface area (Å²) in [4.78, 5) is 16.1. The first kappa shape index (κ1) is 14.5. The van der Waals surface area contributed by atoms with Gasteiger partial charge in [-0.2, -0.15) is 0 Å². The number of amides is 1. The minimum atomic E-state index is -0.315. The molecule has 0 aliphatic rings. The van der Waals surface area contributed by atoms with Crippen molar-refractivity contribution in [2.24, 2.45) is 0 Å². The van der Waals surface area contributed by atoms with Crippen LogP contribution in [0.1, 0.15) is 10.4 Å². The summed E-state index contributed by atoms with van der Waals surface area (Å²) in [5.74, 6) is -0.128. The van der Waals surface area contributed by atoms with E-state index < -0.39 is 0 Å². The number of nitrogens with two attached hydrogens (primary N) is 1. The Bertz CT molecular complexity index is 646. The number of nitrogens with zero attached hydrogens (tertiary/aromatic N) is 1. The third-order valence-corrected chi connectivity index (χ3v) is 3.92. The Hall–Kier alpha value is -0.920. The fourth-order valence-electron chi connectivity index (χ4n) is 1.41. The minimum Gasteiger partial charge on any atom is -0.383 e. The Balaban J connectivity index is 2.30.